The minimum Gasteiger partial charge on any atom is -0.477 e. The number of nitrogens with zero attached hydrogens (tertiary/aromatic N) is 2. The summed E-state index contributed by atoms with van der Waals surface area (Å²) < 4.78 is 2.44. The molecule has 256 valence electrons. The topological polar surface area (TPSA) is 66.0 Å². The van der Waals surface area contributed by atoms with Crippen LogP contribution in [0.1, 0.15) is 82.5 Å². The van der Waals surface area contributed by atoms with Crippen molar-refractivity contribution in [2.75, 3.05) is 0 Å². The summed E-state index contributed by atoms with van der Waals surface area (Å²) in [5, 5.41) is 22.5. The molecule has 0 radical (unpaired) electrons. The summed E-state index contributed by atoms with van der Waals surface area (Å²) in [5.41, 5.74) is 7.33. The molecule has 51 heavy (non-hydrogen) atoms. The first kappa shape index (κ1) is 33.9. The Morgan fingerprint density at radius 3 is 1.80 bits per heavy atom. The monoisotopic (exact) mass is 742 g/mol. The Hall–Kier alpha value is -4.26. The van der Waals surface area contributed by atoms with Crippen LogP contribution in [0.4, 0.5) is 0 Å². The van der Waals surface area contributed by atoms with Crippen molar-refractivity contribution in [3.8, 4) is 40.3 Å². The molecule has 0 unspecified atom stereocenters. The Labute approximate surface area is 314 Å². The molecule has 7 aromatic rings. The van der Waals surface area contributed by atoms with Gasteiger partial charge in [-0.3, -0.25) is 0 Å². The van der Waals surface area contributed by atoms with Crippen molar-refractivity contribution in [1.29, 1.82) is 5.26 Å². The molecule has 1 aliphatic rings. The summed E-state index contributed by atoms with van der Waals surface area (Å²) in [6.45, 7) is 18.1. The van der Waals surface area contributed by atoms with Gasteiger partial charge in [0.1, 0.15) is 16.6 Å². The van der Waals surface area contributed by atoms with Crippen LogP contribution >= 0.6 is 45.3 Å². The first-order chi connectivity index (χ1) is 24.0. The molecule has 1 aliphatic carbocycles. The van der Waals surface area contributed by atoms with E-state index in [1.807, 2.05) is 22.7 Å². The molecule has 0 bridgehead atoms. The second kappa shape index (κ2) is 11.6. The molecule has 2 aromatic carbocycles. The third-order valence-electron chi connectivity index (χ3n) is 10.1. The molecule has 8 heteroatoms. The van der Waals surface area contributed by atoms with Crippen LogP contribution in [0.15, 0.2) is 78.4 Å². The van der Waals surface area contributed by atoms with E-state index in [0.717, 1.165) is 4.88 Å². The van der Waals surface area contributed by atoms with Gasteiger partial charge in [0.15, 0.2) is 0 Å². The van der Waals surface area contributed by atoms with Gasteiger partial charge < -0.3 is 9.67 Å². The van der Waals surface area contributed by atoms with Gasteiger partial charge in [0, 0.05) is 50.3 Å². The fourth-order valence-corrected chi connectivity index (χ4v) is 12.0. The van der Waals surface area contributed by atoms with Crippen LogP contribution in [0.3, 0.4) is 0 Å². The molecule has 0 spiro atoms. The highest BCUT2D eigenvalue weighted by molar-refractivity contribution is 7.29. The maximum Gasteiger partial charge on any atom is 0.346 e. The van der Waals surface area contributed by atoms with Crippen LogP contribution in [-0.4, -0.2) is 15.6 Å². The number of rotatable bonds is 5. The average molecular weight is 743 g/mol. The largest absolute Gasteiger partial charge is 0.477 e. The number of carboxylic acids is 1. The van der Waals surface area contributed by atoms with Crippen molar-refractivity contribution < 1.29 is 9.90 Å². The van der Waals surface area contributed by atoms with Gasteiger partial charge in [-0.05, 0) is 99.8 Å². The van der Waals surface area contributed by atoms with Crippen molar-refractivity contribution in [2.45, 2.75) is 71.6 Å². The molecule has 0 saturated carbocycles. The van der Waals surface area contributed by atoms with Gasteiger partial charge in [0.25, 0.3) is 0 Å². The van der Waals surface area contributed by atoms with Crippen LogP contribution in [0, 0.1) is 11.3 Å². The molecule has 0 atom stereocenters. The third kappa shape index (κ3) is 5.53. The van der Waals surface area contributed by atoms with Crippen LogP contribution in [0.2, 0.25) is 0 Å². The van der Waals surface area contributed by atoms with Gasteiger partial charge in [0.2, 0.25) is 0 Å². The predicted octanol–water partition coefficient (Wildman–Crippen LogP) is 13.3. The van der Waals surface area contributed by atoms with Gasteiger partial charge in [-0.15, -0.1) is 45.3 Å². The Kier molecular flexibility index (Phi) is 7.72. The number of carbonyl (C=O) groups is 1. The lowest BCUT2D eigenvalue weighted by Gasteiger charge is -2.19. The molecule has 5 heterocycles. The van der Waals surface area contributed by atoms with Crippen molar-refractivity contribution in [1.82, 2.24) is 4.57 Å². The Morgan fingerprint density at radius 2 is 1.24 bits per heavy atom. The van der Waals surface area contributed by atoms with E-state index in [0.29, 0.717) is 0 Å². The van der Waals surface area contributed by atoms with Gasteiger partial charge >= 0.3 is 5.97 Å². The fourth-order valence-electron chi connectivity index (χ4n) is 7.07. The number of fused-ring (bicyclic) bond motifs is 6. The Bertz CT molecular complexity index is 2560. The van der Waals surface area contributed by atoms with E-state index in [9.17, 15) is 15.2 Å². The lowest BCUT2D eigenvalue weighted by Crippen LogP contribution is -2.13. The Balaban J connectivity index is 1.16. The maximum atomic E-state index is 11.5. The van der Waals surface area contributed by atoms with Crippen LogP contribution in [-0.2, 0) is 21.0 Å². The van der Waals surface area contributed by atoms with Gasteiger partial charge in [0.05, 0.1) is 11.0 Å². The molecule has 0 saturated heterocycles. The predicted molar refractivity (Wildman–Crippen MR) is 219 cm³/mol. The summed E-state index contributed by atoms with van der Waals surface area (Å²) in [7, 11) is 0. The van der Waals surface area contributed by atoms with E-state index in [-0.39, 0.29) is 21.8 Å². The molecular weight excluding hydrogens is 705 g/mol. The highest BCUT2D eigenvalue weighted by Gasteiger charge is 2.39. The number of aromatic nitrogens is 1. The number of hydrogen-bond acceptors (Lipinski definition) is 6. The van der Waals surface area contributed by atoms with E-state index in [2.05, 4.69) is 133 Å². The highest BCUT2D eigenvalue weighted by Crippen LogP contribution is 2.57. The minimum absolute atomic E-state index is 0.0616. The smallest absolute Gasteiger partial charge is 0.346 e. The van der Waals surface area contributed by atoms with Crippen LogP contribution < -0.4 is 0 Å². The fraction of sp³-hybridized carbons (Fsp3) is 0.256. The molecule has 0 fully saturated rings. The van der Waals surface area contributed by atoms with Crippen molar-refractivity contribution in [3.63, 3.8) is 0 Å². The maximum absolute atomic E-state index is 11.5. The second-order valence-electron chi connectivity index (χ2n) is 15.9. The van der Waals surface area contributed by atoms with Crippen molar-refractivity contribution in [2.24, 2.45) is 0 Å². The second-order valence-corrected chi connectivity index (χ2v) is 20.2. The molecular formula is C43H38N2O2S4. The van der Waals surface area contributed by atoms with E-state index in [4.69, 9.17) is 0 Å². The number of nitriles is 1. The summed E-state index contributed by atoms with van der Waals surface area (Å²) >= 11 is 7.03. The van der Waals surface area contributed by atoms with Gasteiger partial charge in [-0.1, -0.05) is 67.5 Å². The first-order valence-electron chi connectivity index (χ1n) is 17.0. The van der Waals surface area contributed by atoms with E-state index >= 15 is 0 Å². The summed E-state index contributed by atoms with van der Waals surface area (Å²) in [4.78, 5) is 19.7. The molecule has 4 nitrogen and oxygen atoms in total. The van der Waals surface area contributed by atoms with Gasteiger partial charge in [-0.25, -0.2) is 4.79 Å². The molecule has 0 aliphatic heterocycles. The summed E-state index contributed by atoms with van der Waals surface area (Å²) in [6, 6.07) is 29.2. The van der Waals surface area contributed by atoms with Crippen molar-refractivity contribution in [3.05, 3.63) is 106 Å². The standard InChI is InChI=1S/C43H38N2O2S4/c1-41(2,3)24-9-11-31-27(18-24)28-19-25(42(4,5)6)10-12-32(28)45(31)37-16-15-34(50-37)33-13-14-35(49-33)36-21-30-39(51-36)38-29(43(30,7)8)20-26(48-38)17-23(22-44)40(46)47/h9-21H,1-8H3,(H,46,47). The average Bonchev–Trinajstić information content (AvgIpc) is 3.90. The van der Waals surface area contributed by atoms with E-state index < -0.39 is 5.97 Å². The molecule has 5 aromatic heterocycles. The number of thiophene rings is 4. The zero-order valence-corrected chi connectivity index (χ0v) is 33.2. The lowest BCUT2D eigenvalue weighted by atomic mass is 9.84. The highest BCUT2D eigenvalue weighted by atomic mass is 32.1. The number of hydrogen-bond donors (Lipinski definition) is 1. The quantitative estimate of drug-likeness (QED) is 0.141. The van der Waals surface area contributed by atoms with Crippen LogP contribution in [0.5, 0.6) is 0 Å². The number of aliphatic carboxylic acids is 1. The SMILES string of the molecule is CC(C)(C)c1ccc2c(c1)c1cc(C(C)(C)C)ccc1n2-c1ccc(-c2ccc(-c3cc4c(s3)-c3sc(C=C(C#N)C(=O)O)cc3C4(C)C)s2)s1. The van der Waals surface area contributed by atoms with Gasteiger partial charge in [-0.2, -0.15) is 5.26 Å². The third-order valence-corrected chi connectivity index (χ3v) is 15.0. The minimum atomic E-state index is -1.20. The number of benzene rings is 2. The number of carboxylic acid groups (broad SMARTS) is 1. The summed E-state index contributed by atoms with van der Waals surface area (Å²) in [5.74, 6) is -1.20. The Morgan fingerprint density at radius 1 is 0.706 bits per heavy atom. The zero-order valence-electron chi connectivity index (χ0n) is 29.9. The molecule has 8 rings (SSSR count). The molecule has 1 N–H and O–H groups in total. The summed E-state index contributed by atoms with van der Waals surface area (Å²) in [6.07, 6.45) is 1.49. The van der Waals surface area contributed by atoms with Crippen molar-refractivity contribution >= 4 is 79.2 Å². The first-order valence-corrected chi connectivity index (χ1v) is 20.3. The lowest BCUT2D eigenvalue weighted by molar-refractivity contribution is -0.132. The van der Waals surface area contributed by atoms with E-state index in [1.54, 1.807) is 28.7 Å². The zero-order chi connectivity index (χ0) is 36.2. The van der Waals surface area contributed by atoms with Crippen LogP contribution in [0.25, 0.3) is 62.1 Å². The molecule has 0 amide bonds. The van der Waals surface area contributed by atoms with E-state index in [1.165, 1.54) is 84.4 Å². The normalized spacial score (nSPS) is 14.3.